The van der Waals surface area contributed by atoms with Gasteiger partial charge in [0, 0.05) is 0 Å². The summed E-state index contributed by atoms with van der Waals surface area (Å²) >= 11 is 0. The van der Waals surface area contributed by atoms with Gasteiger partial charge in [-0.15, -0.1) is 0 Å². The Bertz CT molecular complexity index is 2160. The first-order valence-corrected chi connectivity index (χ1v) is 25.0. The molecule has 0 bridgehead atoms. The van der Waals surface area contributed by atoms with Gasteiger partial charge in [-0.3, -0.25) is 4.99 Å². The molecule has 0 saturated carbocycles. The molecule has 0 unspecified atom stereocenters. The van der Waals surface area contributed by atoms with E-state index >= 15 is 0 Å². The Morgan fingerprint density at radius 1 is 0.522 bits per heavy atom. The molecule has 0 aromatic heterocycles. The summed E-state index contributed by atoms with van der Waals surface area (Å²) in [5.74, 6) is -5.28. The van der Waals surface area contributed by atoms with Gasteiger partial charge < -0.3 is 30.6 Å². The maximum absolute atomic E-state index is 11.2. The molecule has 4 rings (SSSR count). The van der Waals surface area contributed by atoms with Gasteiger partial charge in [-0.05, 0) is 166 Å². The SMILES string of the molecule is CCCCCCCCCCCC=CC(=Nc1cc(CC)cc(CC)c1)C(CCCCC)=Nc1cc(CC)cc(CC)c1.Cc1cc(O)c([O-])c(C(=O)O)c1C.Cc1cc(O)c([O-])c(C(=O)O)c1C.[Ni+2]. The Morgan fingerprint density at radius 3 is 1.26 bits per heavy atom. The summed E-state index contributed by atoms with van der Waals surface area (Å²) in [6.07, 6.45) is 26.7. The van der Waals surface area contributed by atoms with E-state index < -0.39 is 34.9 Å². The van der Waals surface area contributed by atoms with Crippen LogP contribution in [0, 0.1) is 27.7 Å². The van der Waals surface area contributed by atoms with Crippen molar-refractivity contribution in [1.82, 2.24) is 0 Å². The number of aromatic hydroxyl groups is 2. The van der Waals surface area contributed by atoms with Crippen LogP contribution in [-0.4, -0.2) is 43.8 Å². The smallest absolute Gasteiger partial charge is 0.869 e. The van der Waals surface area contributed by atoms with Gasteiger partial charge in [0.1, 0.15) is 11.5 Å². The van der Waals surface area contributed by atoms with E-state index in [4.69, 9.17) is 30.4 Å². The maximum atomic E-state index is 11.2. The second-order valence-corrected chi connectivity index (χ2v) is 17.7. The van der Waals surface area contributed by atoms with Crippen molar-refractivity contribution in [3.8, 4) is 23.0 Å². The molecule has 0 heterocycles. The molecule has 0 aliphatic carbocycles. The van der Waals surface area contributed by atoms with E-state index in [1.165, 1.54) is 105 Å². The number of aromatic carboxylic acids is 2. The number of phenols is 2. The van der Waals surface area contributed by atoms with Crippen LogP contribution in [0.25, 0.3) is 0 Å². The molecule has 0 radical (unpaired) electrons. The first kappa shape index (κ1) is 61.6. The standard InChI is InChI=1S/C40H62N2.2C9H10O4.Ni/c1-7-13-15-16-17-18-19-20-21-22-24-26-40(42-38-31-35(11-5)28-36(12-6)32-38)39(25-23-14-8-2)41-37-29-33(9-3)27-34(10-4)30-37;2*1-4-3-6(10)8(11)7(5(4)2)9(12)13;/h24,26-32H,7-23,25H2,1-6H3;2*3,10-11H,1-2H3,(H,12,13);/q;;;+2/p-2. The predicted octanol–water partition coefficient (Wildman–Crippen LogP) is 14.4. The molecule has 380 valence electrons. The largest absolute Gasteiger partial charge is 2.00 e. The van der Waals surface area contributed by atoms with Crippen molar-refractivity contribution in [2.45, 2.75) is 185 Å². The molecule has 0 atom stereocenters. The number of phenolic OH excluding ortho intramolecular Hbond substituents is 2. The zero-order valence-electron chi connectivity index (χ0n) is 43.1. The Kier molecular flexibility index (Phi) is 29.6. The number of carboxylic acids is 2. The fraction of sp³-hybridized carbons (Fsp3) is 0.483. The Labute approximate surface area is 423 Å². The number of aryl methyl sites for hydroxylation is 6. The molecule has 0 aliphatic heterocycles. The van der Waals surface area contributed by atoms with Crippen LogP contribution < -0.4 is 10.2 Å². The summed E-state index contributed by atoms with van der Waals surface area (Å²) < 4.78 is 0. The third kappa shape index (κ3) is 21.0. The summed E-state index contributed by atoms with van der Waals surface area (Å²) in [6.45, 7) is 19.9. The van der Waals surface area contributed by atoms with E-state index in [0.717, 1.165) is 67.7 Å². The van der Waals surface area contributed by atoms with Crippen molar-refractivity contribution in [3.63, 3.8) is 0 Å². The summed E-state index contributed by atoms with van der Waals surface area (Å²) in [5.41, 5.74) is 11.0. The normalized spacial score (nSPS) is 11.4. The van der Waals surface area contributed by atoms with Crippen LogP contribution in [0.1, 0.15) is 197 Å². The van der Waals surface area contributed by atoms with E-state index in [2.05, 4.69) is 90.1 Å². The quantitative estimate of drug-likeness (QED) is 0.0303. The molecule has 4 aromatic carbocycles. The van der Waals surface area contributed by atoms with E-state index in [1.807, 2.05) is 0 Å². The second kappa shape index (κ2) is 33.2. The average molecular weight is 992 g/mol. The van der Waals surface area contributed by atoms with Crippen molar-refractivity contribution in [1.29, 1.82) is 0 Å². The number of unbranched alkanes of at least 4 members (excludes halogenated alkanes) is 11. The van der Waals surface area contributed by atoms with Gasteiger partial charge in [0.25, 0.3) is 0 Å². The van der Waals surface area contributed by atoms with Gasteiger partial charge in [-0.25, -0.2) is 14.6 Å². The first-order chi connectivity index (χ1) is 32.5. The number of hydrogen-bond acceptors (Lipinski definition) is 8. The number of hydrogen-bond donors (Lipinski definition) is 4. The molecule has 0 aliphatic rings. The number of aliphatic imine (C=N–C) groups is 2. The van der Waals surface area contributed by atoms with Crippen molar-refractivity contribution in [2.24, 2.45) is 9.98 Å². The minimum absolute atomic E-state index is 0. The average Bonchev–Trinajstić information content (AvgIpc) is 3.31. The molecular weight excluding hydrogens is 911 g/mol. The van der Waals surface area contributed by atoms with Gasteiger partial charge in [-0.2, -0.15) is 0 Å². The minimum Gasteiger partial charge on any atom is -0.869 e. The molecular formula is C58H80N2NiO8. The molecule has 4 aromatic rings. The van der Waals surface area contributed by atoms with Crippen LogP contribution in [0.5, 0.6) is 23.0 Å². The van der Waals surface area contributed by atoms with Crippen LogP contribution in [-0.2, 0) is 42.2 Å². The predicted molar refractivity (Wildman–Crippen MR) is 278 cm³/mol. The van der Waals surface area contributed by atoms with Crippen molar-refractivity contribution >= 4 is 34.7 Å². The number of carboxylic acid groups (broad SMARTS) is 2. The van der Waals surface area contributed by atoms with Crippen molar-refractivity contribution < 1.29 is 56.7 Å². The maximum Gasteiger partial charge on any atom is 2.00 e. The van der Waals surface area contributed by atoms with Crippen molar-refractivity contribution in [2.75, 3.05) is 0 Å². The molecule has 0 spiro atoms. The van der Waals surface area contributed by atoms with Crippen LogP contribution in [0.15, 0.2) is 70.7 Å². The molecule has 0 saturated heterocycles. The topological polar surface area (TPSA) is 186 Å². The van der Waals surface area contributed by atoms with Crippen LogP contribution in [0.3, 0.4) is 0 Å². The monoisotopic (exact) mass is 991 g/mol. The molecule has 0 amide bonds. The number of benzene rings is 4. The second-order valence-electron chi connectivity index (χ2n) is 17.7. The zero-order chi connectivity index (χ0) is 50.8. The van der Waals surface area contributed by atoms with Crippen LogP contribution in [0.4, 0.5) is 11.4 Å². The number of rotatable bonds is 24. The van der Waals surface area contributed by atoms with Gasteiger partial charge in [-0.1, -0.05) is 135 Å². The molecule has 4 N–H and O–H groups in total. The van der Waals surface area contributed by atoms with E-state index in [9.17, 15) is 19.8 Å². The Hall–Kier alpha value is -5.41. The third-order valence-electron chi connectivity index (χ3n) is 12.3. The first-order valence-electron chi connectivity index (χ1n) is 25.0. The third-order valence-corrected chi connectivity index (χ3v) is 12.3. The molecule has 10 nitrogen and oxygen atoms in total. The van der Waals surface area contributed by atoms with E-state index in [0.29, 0.717) is 22.3 Å². The number of allylic oxidation sites excluding steroid dienone is 2. The molecule has 11 heteroatoms. The fourth-order valence-electron chi connectivity index (χ4n) is 7.74. The summed E-state index contributed by atoms with van der Waals surface area (Å²) in [4.78, 5) is 31.9. The summed E-state index contributed by atoms with van der Waals surface area (Å²) in [7, 11) is 0. The minimum atomic E-state index is -1.30. The van der Waals surface area contributed by atoms with Gasteiger partial charge in [0.15, 0.2) is 0 Å². The Morgan fingerprint density at radius 2 is 0.884 bits per heavy atom. The van der Waals surface area contributed by atoms with Crippen LogP contribution >= 0.6 is 0 Å². The molecule has 69 heavy (non-hydrogen) atoms. The summed E-state index contributed by atoms with van der Waals surface area (Å²) in [5, 5.41) is 57.8. The van der Waals surface area contributed by atoms with Gasteiger partial charge in [0.05, 0.1) is 33.9 Å². The van der Waals surface area contributed by atoms with E-state index in [-0.39, 0.29) is 27.6 Å². The zero-order valence-corrected chi connectivity index (χ0v) is 44.1. The van der Waals surface area contributed by atoms with Gasteiger partial charge >= 0.3 is 28.4 Å². The fourth-order valence-corrected chi connectivity index (χ4v) is 7.74. The number of nitrogens with zero attached hydrogens (tertiary/aromatic N) is 2. The summed E-state index contributed by atoms with van der Waals surface area (Å²) in [6, 6.07) is 16.3. The van der Waals surface area contributed by atoms with E-state index in [1.54, 1.807) is 27.7 Å². The van der Waals surface area contributed by atoms with Crippen molar-refractivity contribution in [3.05, 3.63) is 116 Å². The molecule has 0 fully saturated rings. The Balaban J connectivity index is 0.000000710. The van der Waals surface area contributed by atoms with Crippen LogP contribution in [0.2, 0.25) is 0 Å². The van der Waals surface area contributed by atoms with Gasteiger partial charge in [0.2, 0.25) is 0 Å². The number of carbonyl (C=O) groups is 2.